The molecule has 1 aliphatic carbocycles. The van der Waals surface area contributed by atoms with Crippen molar-refractivity contribution in [1.29, 1.82) is 0 Å². The molecule has 1 saturated carbocycles. The molecule has 4 heteroatoms. The molecule has 2 atom stereocenters. The van der Waals surface area contributed by atoms with Crippen LogP contribution in [0.3, 0.4) is 0 Å². The van der Waals surface area contributed by atoms with Gasteiger partial charge in [0.2, 0.25) is 0 Å². The summed E-state index contributed by atoms with van der Waals surface area (Å²) < 4.78 is 22.5. The van der Waals surface area contributed by atoms with Crippen LogP contribution in [0.4, 0.5) is 0 Å². The summed E-state index contributed by atoms with van der Waals surface area (Å²) in [5, 5.41) is 3.53. The number of sulfone groups is 1. The number of hydrogen-bond donors (Lipinski definition) is 1. The van der Waals surface area contributed by atoms with Crippen LogP contribution in [0.1, 0.15) is 46.0 Å². The van der Waals surface area contributed by atoms with E-state index in [1.165, 1.54) is 31.9 Å². The molecular formula is C14H29NO2S. The minimum absolute atomic E-state index is 0.359. The van der Waals surface area contributed by atoms with Crippen molar-refractivity contribution in [2.75, 3.05) is 25.1 Å². The van der Waals surface area contributed by atoms with E-state index in [1.807, 2.05) is 0 Å². The molecule has 0 radical (unpaired) electrons. The lowest BCUT2D eigenvalue weighted by Gasteiger charge is -2.32. The van der Waals surface area contributed by atoms with E-state index in [0.29, 0.717) is 23.5 Å². The van der Waals surface area contributed by atoms with E-state index >= 15 is 0 Å². The molecule has 1 fully saturated rings. The summed E-state index contributed by atoms with van der Waals surface area (Å²) in [7, 11) is -2.80. The molecule has 0 aromatic rings. The van der Waals surface area contributed by atoms with Crippen molar-refractivity contribution in [3.8, 4) is 0 Å². The Balaban J connectivity index is 2.37. The SMILES string of the molecule is CC(C)CNCC1CCCCC1CCS(C)(=O)=O. The van der Waals surface area contributed by atoms with Gasteiger partial charge in [-0.1, -0.05) is 33.1 Å². The van der Waals surface area contributed by atoms with Crippen molar-refractivity contribution >= 4 is 9.84 Å². The third-order valence-corrected chi connectivity index (χ3v) is 4.86. The Morgan fingerprint density at radius 3 is 2.33 bits per heavy atom. The van der Waals surface area contributed by atoms with Crippen LogP contribution in [0.5, 0.6) is 0 Å². The lowest BCUT2D eigenvalue weighted by molar-refractivity contribution is 0.223. The Bertz CT molecular complexity index is 325. The number of nitrogens with one attached hydrogen (secondary N) is 1. The van der Waals surface area contributed by atoms with Crippen LogP contribution in [0.2, 0.25) is 0 Å². The first-order chi connectivity index (χ1) is 8.38. The van der Waals surface area contributed by atoms with Gasteiger partial charge in [-0.05, 0) is 43.7 Å². The van der Waals surface area contributed by atoms with Gasteiger partial charge in [0.05, 0.1) is 5.75 Å². The maximum absolute atomic E-state index is 11.3. The van der Waals surface area contributed by atoms with Crippen molar-refractivity contribution in [3.05, 3.63) is 0 Å². The van der Waals surface area contributed by atoms with Gasteiger partial charge in [0.15, 0.2) is 0 Å². The standard InChI is InChI=1S/C14H29NO2S/c1-12(2)10-15-11-14-7-5-4-6-13(14)8-9-18(3,16)17/h12-15H,4-11H2,1-3H3. The molecule has 1 aliphatic rings. The summed E-state index contributed by atoms with van der Waals surface area (Å²) in [5.74, 6) is 2.33. The molecule has 0 aromatic heterocycles. The summed E-state index contributed by atoms with van der Waals surface area (Å²) in [5.41, 5.74) is 0. The summed E-state index contributed by atoms with van der Waals surface area (Å²) in [6, 6.07) is 0. The van der Waals surface area contributed by atoms with E-state index in [4.69, 9.17) is 0 Å². The van der Waals surface area contributed by atoms with Crippen molar-refractivity contribution in [1.82, 2.24) is 5.32 Å². The number of hydrogen-bond acceptors (Lipinski definition) is 3. The van der Waals surface area contributed by atoms with E-state index in [-0.39, 0.29) is 0 Å². The molecule has 0 amide bonds. The number of rotatable bonds is 7. The fraction of sp³-hybridized carbons (Fsp3) is 1.00. The molecule has 0 aromatic carbocycles. The molecule has 18 heavy (non-hydrogen) atoms. The van der Waals surface area contributed by atoms with Crippen molar-refractivity contribution in [3.63, 3.8) is 0 Å². The van der Waals surface area contributed by atoms with Crippen LogP contribution in [0.15, 0.2) is 0 Å². The maximum Gasteiger partial charge on any atom is 0.147 e. The molecule has 0 spiro atoms. The van der Waals surface area contributed by atoms with E-state index in [9.17, 15) is 8.42 Å². The van der Waals surface area contributed by atoms with Crippen LogP contribution in [0, 0.1) is 17.8 Å². The Kier molecular flexibility index (Phi) is 6.64. The fourth-order valence-electron chi connectivity index (χ4n) is 2.86. The molecular weight excluding hydrogens is 246 g/mol. The van der Waals surface area contributed by atoms with Crippen LogP contribution < -0.4 is 5.32 Å². The van der Waals surface area contributed by atoms with Crippen molar-refractivity contribution in [2.24, 2.45) is 17.8 Å². The average molecular weight is 275 g/mol. The second-order valence-electron chi connectivity index (χ2n) is 6.28. The first-order valence-electron chi connectivity index (χ1n) is 7.27. The highest BCUT2D eigenvalue weighted by Crippen LogP contribution is 2.32. The van der Waals surface area contributed by atoms with Crippen molar-refractivity contribution < 1.29 is 8.42 Å². The van der Waals surface area contributed by atoms with E-state index in [0.717, 1.165) is 19.5 Å². The quantitative estimate of drug-likeness (QED) is 0.776. The van der Waals surface area contributed by atoms with Gasteiger partial charge in [0, 0.05) is 6.26 Å². The zero-order valence-electron chi connectivity index (χ0n) is 12.1. The van der Waals surface area contributed by atoms with Crippen LogP contribution >= 0.6 is 0 Å². The molecule has 0 aliphatic heterocycles. The Morgan fingerprint density at radius 2 is 1.78 bits per heavy atom. The van der Waals surface area contributed by atoms with Gasteiger partial charge in [-0.15, -0.1) is 0 Å². The smallest absolute Gasteiger partial charge is 0.147 e. The molecule has 1 N–H and O–H groups in total. The third kappa shape index (κ3) is 6.74. The second kappa shape index (κ2) is 7.49. The Morgan fingerprint density at radius 1 is 1.17 bits per heavy atom. The summed E-state index contributed by atoms with van der Waals surface area (Å²) in [6.07, 6.45) is 7.26. The topological polar surface area (TPSA) is 46.2 Å². The summed E-state index contributed by atoms with van der Waals surface area (Å²) in [4.78, 5) is 0. The summed E-state index contributed by atoms with van der Waals surface area (Å²) in [6.45, 7) is 6.56. The lowest BCUT2D eigenvalue weighted by atomic mass is 9.78. The molecule has 1 rings (SSSR count). The highest BCUT2D eigenvalue weighted by Gasteiger charge is 2.25. The Labute approximate surface area is 113 Å². The normalized spacial score (nSPS) is 25.6. The minimum Gasteiger partial charge on any atom is -0.316 e. The minimum atomic E-state index is -2.80. The molecule has 108 valence electrons. The fourth-order valence-corrected chi connectivity index (χ4v) is 3.59. The van der Waals surface area contributed by atoms with Crippen LogP contribution in [0.25, 0.3) is 0 Å². The first kappa shape index (κ1) is 16.0. The van der Waals surface area contributed by atoms with Gasteiger partial charge < -0.3 is 5.32 Å². The second-order valence-corrected chi connectivity index (χ2v) is 8.54. The highest BCUT2D eigenvalue weighted by molar-refractivity contribution is 7.90. The lowest BCUT2D eigenvalue weighted by Crippen LogP contribution is -2.33. The predicted octanol–water partition coefficient (Wildman–Crippen LogP) is 2.47. The van der Waals surface area contributed by atoms with E-state index < -0.39 is 9.84 Å². The molecule has 0 saturated heterocycles. The predicted molar refractivity (Wildman–Crippen MR) is 77.5 cm³/mol. The third-order valence-electron chi connectivity index (χ3n) is 3.89. The van der Waals surface area contributed by atoms with Crippen LogP contribution in [-0.4, -0.2) is 33.5 Å². The molecule has 3 nitrogen and oxygen atoms in total. The van der Waals surface area contributed by atoms with Gasteiger partial charge in [-0.2, -0.15) is 0 Å². The average Bonchev–Trinajstić information content (AvgIpc) is 2.26. The maximum atomic E-state index is 11.3. The first-order valence-corrected chi connectivity index (χ1v) is 9.33. The molecule has 0 heterocycles. The van der Waals surface area contributed by atoms with Gasteiger partial charge in [-0.3, -0.25) is 0 Å². The van der Waals surface area contributed by atoms with Crippen molar-refractivity contribution in [2.45, 2.75) is 46.0 Å². The van der Waals surface area contributed by atoms with Crippen LogP contribution in [-0.2, 0) is 9.84 Å². The van der Waals surface area contributed by atoms with Gasteiger partial charge in [0.25, 0.3) is 0 Å². The zero-order chi connectivity index (χ0) is 13.6. The Hall–Kier alpha value is -0.0900. The van der Waals surface area contributed by atoms with Gasteiger partial charge in [0.1, 0.15) is 9.84 Å². The molecule has 0 bridgehead atoms. The summed E-state index contributed by atoms with van der Waals surface area (Å²) >= 11 is 0. The van der Waals surface area contributed by atoms with E-state index in [2.05, 4.69) is 19.2 Å². The van der Waals surface area contributed by atoms with Gasteiger partial charge in [-0.25, -0.2) is 8.42 Å². The van der Waals surface area contributed by atoms with E-state index in [1.54, 1.807) is 0 Å². The highest BCUT2D eigenvalue weighted by atomic mass is 32.2. The monoisotopic (exact) mass is 275 g/mol. The van der Waals surface area contributed by atoms with Gasteiger partial charge >= 0.3 is 0 Å². The zero-order valence-corrected chi connectivity index (χ0v) is 12.9. The largest absolute Gasteiger partial charge is 0.316 e. The molecule has 2 unspecified atom stereocenters.